The van der Waals surface area contributed by atoms with Crippen LogP contribution in [0.2, 0.25) is 0 Å². The van der Waals surface area contributed by atoms with Crippen LogP contribution in [0.25, 0.3) is 0 Å². The zero-order chi connectivity index (χ0) is 15.5. The quantitative estimate of drug-likeness (QED) is 0.647. The van der Waals surface area contributed by atoms with Gasteiger partial charge in [-0.25, -0.2) is 4.39 Å². The molecule has 0 heterocycles. The lowest BCUT2D eigenvalue weighted by Crippen LogP contribution is -2.36. The SMILES string of the molecule is COCCNCCNC(=O)C(C)CCc1cccc(F)c1. The Labute approximate surface area is 126 Å². The van der Waals surface area contributed by atoms with E-state index in [0.717, 1.165) is 18.7 Å². The summed E-state index contributed by atoms with van der Waals surface area (Å²) in [5.74, 6) is -0.265. The Morgan fingerprint density at radius 3 is 2.86 bits per heavy atom. The van der Waals surface area contributed by atoms with Crippen LogP contribution in [-0.2, 0) is 16.0 Å². The number of carbonyl (C=O) groups is 1. The molecule has 0 aromatic heterocycles. The highest BCUT2D eigenvalue weighted by molar-refractivity contribution is 5.78. The molecule has 2 N–H and O–H groups in total. The van der Waals surface area contributed by atoms with Crippen molar-refractivity contribution in [3.63, 3.8) is 0 Å². The van der Waals surface area contributed by atoms with Gasteiger partial charge in [0, 0.05) is 32.7 Å². The molecule has 1 atom stereocenters. The van der Waals surface area contributed by atoms with Gasteiger partial charge in [-0.1, -0.05) is 19.1 Å². The van der Waals surface area contributed by atoms with E-state index in [2.05, 4.69) is 10.6 Å². The standard InChI is InChI=1S/C16H25FN2O2/c1-13(6-7-14-4-3-5-15(17)12-14)16(20)19-9-8-18-10-11-21-2/h3-5,12-13,18H,6-11H2,1-2H3,(H,19,20). The maximum absolute atomic E-state index is 13.0. The first-order valence-electron chi connectivity index (χ1n) is 7.35. The van der Waals surface area contributed by atoms with Crippen LogP contribution >= 0.6 is 0 Å². The monoisotopic (exact) mass is 296 g/mol. The molecular formula is C16H25FN2O2. The Balaban J connectivity index is 2.16. The summed E-state index contributed by atoms with van der Waals surface area (Å²) >= 11 is 0. The Hall–Kier alpha value is -1.46. The molecule has 1 rings (SSSR count). The second kappa shape index (κ2) is 10.3. The number of benzene rings is 1. The summed E-state index contributed by atoms with van der Waals surface area (Å²) in [6, 6.07) is 6.52. The van der Waals surface area contributed by atoms with Gasteiger partial charge in [0.15, 0.2) is 0 Å². The molecule has 0 bridgehead atoms. The third-order valence-electron chi connectivity index (χ3n) is 3.29. The van der Waals surface area contributed by atoms with Crippen molar-refractivity contribution < 1.29 is 13.9 Å². The van der Waals surface area contributed by atoms with E-state index in [1.165, 1.54) is 12.1 Å². The number of aryl methyl sites for hydroxylation is 1. The van der Waals surface area contributed by atoms with Gasteiger partial charge in [-0.3, -0.25) is 4.79 Å². The first-order chi connectivity index (χ1) is 10.1. The van der Waals surface area contributed by atoms with Gasteiger partial charge < -0.3 is 15.4 Å². The molecule has 0 saturated heterocycles. The smallest absolute Gasteiger partial charge is 0.222 e. The normalized spacial score (nSPS) is 12.1. The van der Waals surface area contributed by atoms with E-state index in [-0.39, 0.29) is 17.6 Å². The molecule has 0 saturated carbocycles. The lowest BCUT2D eigenvalue weighted by molar-refractivity contribution is -0.124. The zero-order valence-electron chi connectivity index (χ0n) is 12.8. The third kappa shape index (κ3) is 7.78. The zero-order valence-corrected chi connectivity index (χ0v) is 12.8. The Kier molecular flexibility index (Phi) is 8.62. The van der Waals surface area contributed by atoms with Gasteiger partial charge >= 0.3 is 0 Å². The van der Waals surface area contributed by atoms with E-state index in [9.17, 15) is 9.18 Å². The summed E-state index contributed by atoms with van der Waals surface area (Å²) in [5.41, 5.74) is 0.927. The van der Waals surface area contributed by atoms with Gasteiger partial charge in [0.1, 0.15) is 5.82 Å². The van der Waals surface area contributed by atoms with Crippen LogP contribution in [0, 0.1) is 11.7 Å². The number of rotatable bonds is 10. The van der Waals surface area contributed by atoms with Crippen molar-refractivity contribution >= 4 is 5.91 Å². The van der Waals surface area contributed by atoms with E-state index in [1.54, 1.807) is 13.2 Å². The fourth-order valence-corrected chi connectivity index (χ4v) is 1.95. The molecule has 0 spiro atoms. The average molecular weight is 296 g/mol. The fraction of sp³-hybridized carbons (Fsp3) is 0.562. The number of carbonyl (C=O) groups excluding carboxylic acids is 1. The molecule has 4 nitrogen and oxygen atoms in total. The Bertz CT molecular complexity index is 426. The topological polar surface area (TPSA) is 50.4 Å². The number of nitrogens with one attached hydrogen (secondary N) is 2. The van der Waals surface area contributed by atoms with Crippen molar-refractivity contribution in [3.8, 4) is 0 Å². The molecule has 0 aliphatic rings. The van der Waals surface area contributed by atoms with E-state index in [4.69, 9.17) is 4.74 Å². The number of hydrogen-bond donors (Lipinski definition) is 2. The third-order valence-corrected chi connectivity index (χ3v) is 3.29. The minimum absolute atomic E-state index is 0.0416. The number of ether oxygens (including phenoxy) is 1. The maximum Gasteiger partial charge on any atom is 0.222 e. The van der Waals surface area contributed by atoms with Crippen molar-refractivity contribution in [2.75, 3.05) is 33.4 Å². The maximum atomic E-state index is 13.0. The molecule has 0 fully saturated rings. The lowest BCUT2D eigenvalue weighted by atomic mass is 10.0. The molecular weight excluding hydrogens is 271 g/mol. The van der Waals surface area contributed by atoms with Gasteiger partial charge in [0.2, 0.25) is 5.91 Å². The summed E-state index contributed by atoms with van der Waals surface area (Å²) in [5, 5.41) is 6.05. The van der Waals surface area contributed by atoms with Crippen molar-refractivity contribution in [1.29, 1.82) is 0 Å². The van der Waals surface area contributed by atoms with Gasteiger partial charge in [0.25, 0.3) is 0 Å². The average Bonchev–Trinajstić information content (AvgIpc) is 2.48. The van der Waals surface area contributed by atoms with Crippen LogP contribution in [0.1, 0.15) is 18.9 Å². The lowest BCUT2D eigenvalue weighted by Gasteiger charge is -2.12. The van der Waals surface area contributed by atoms with Gasteiger partial charge in [-0.2, -0.15) is 0 Å². The van der Waals surface area contributed by atoms with Gasteiger partial charge in [-0.05, 0) is 30.5 Å². The van der Waals surface area contributed by atoms with Crippen LogP contribution in [0.5, 0.6) is 0 Å². The van der Waals surface area contributed by atoms with E-state index < -0.39 is 0 Å². The molecule has 21 heavy (non-hydrogen) atoms. The Morgan fingerprint density at radius 1 is 1.33 bits per heavy atom. The van der Waals surface area contributed by atoms with E-state index >= 15 is 0 Å². The van der Waals surface area contributed by atoms with E-state index in [1.807, 2.05) is 13.0 Å². The van der Waals surface area contributed by atoms with Crippen LogP contribution in [0.3, 0.4) is 0 Å². The molecule has 1 aromatic rings. The summed E-state index contributed by atoms with van der Waals surface area (Å²) in [4.78, 5) is 11.9. The fourth-order valence-electron chi connectivity index (χ4n) is 1.95. The molecule has 1 amide bonds. The first kappa shape index (κ1) is 17.6. The summed E-state index contributed by atoms with van der Waals surface area (Å²) in [6.45, 7) is 4.67. The predicted molar refractivity (Wildman–Crippen MR) is 81.6 cm³/mol. The minimum Gasteiger partial charge on any atom is -0.383 e. The van der Waals surface area contributed by atoms with Crippen molar-refractivity contribution in [2.45, 2.75) is 19.8 Å². The summed E-state index contributed by atoms with van der Waals surface area (Å²) in [7, 11) is 1.66. The van der Waals surface area contributed by atoms with Crippen LogP contribution < -0.4 is 10.6 Å². The molecule has 1 aromatic carbocycles. The van der Waals surface area contributed by atoms with Gasteiger partial charge in [0.05, 0.1) is 6.61 Å². The molecule has 0 radical (unpaired) electrons. The number of methoxy groups -OCH3 is 1. The number of halogens is 1. The van der Waals surface area contributed by atoms with Crippen LogP contribution in [0.15, 0.2) is 24.3 Å². The molecule has 5 heteroatoms. The number of amides is 1. The molecule has 0 aliphatic heterocycles. The van der Waals surface area contributed by atoms with Gasteiger partial charge in [-0.15, -0.1) is 0 Å². The second-order valence-corrected chi connectivity index (χ2v) is 5.10. The van der Waals surface area contributed by atoms with Crippen LogP contribution in [0.4, 0.5) is 4.39 Å². The predicted octanol–water partition coefficient (Wildman–Crippen LogP) is 1.75. The second-order valence-electron chi connectivity index (χ2n) is 5.10. The summed E-state index contributed by atoms with van der Waals surface area (Å²) < 4.78 is 18.0. The van der Waals surface area contributed by atoms with E-state index in [0.29, 0.717) is 26.0 Å². The number of hydrogen-bond acceptors (Lipinski definition) is 3. The summed E-state index contributed by atoms with van der Waals surface area (Å²) in [6.07, 6.45) is 1.42. The highest BCUT2D eigenvalue weighted by Gasteiger charge is 2.12. The molecule has 0 aliphatic carbocycles. The first-order valence-corrected chi connectivity index (χ1v) is 7.35. The highest BCUT2D eigenvalue weighted by atomic mass is 19.1. The van der Waals surface area contributed by atoms with Crippen LogP contribution in [-0.4, -0.2) is 39.3 Å². The largest absolute Gasteiger partial charge is 0.383 e. The Morgan fingerprint density at radius 2 is 2.14 bits per heavy atom. The van der Waals surface area contributed by atoms with Crippen molar-refractivity contribution in [2.24, 2.45) is 5.92 Å². The van der Waals surface area contributed by atoms with Crippen molar-refractivity contribution in [1.82, 2.24) is 10.6 Å². The van der Waals surface area contributed by atoms with Crippen molar-refractivity contribution in [3.05, 3.63) is 35.6 Å². The highest BCUT2D eigenvalue weighted by Crippen LogP contribution is 2.11. The molecule has 118 valence electrons. The minimum atomic E-state index is -0.230. The molecule has 1 unspecified atom stereocenters.